The molecule has 0 aromatic carbocycles. The maximum atomic E-state index is 10.8. The first-order chi connectivity index (χ1) is 4.20. The van der Waals surface area contributed by atoms with Gasteiger partial charge >= 0.3 is 0 Å². The predicted octanol–water partition coefficient (Wildman–Crippen LogP) is 0.946. The molecule has 0 aliphatic carbocycles. The first kappa shape index (κ1) is 7.31. The number of piperidine rings is 1. The van der Waals surface area contributed by atoms with E-state index in [1.807, 2.05) is 0 Å². The predicted molar refractivity (Wildman–Crippen MR) is 44.6 cm³/mol. The van der Waals surface area contributed by atoms with E-state index in [1.165, 1.54) is 0 Å². The van der Waals surface area contributed by atoms with Crippen molar-refractivity contribution in [1.82, 2.24) is 5.32 Å². The highest BCUT2D eigenvalue weighted by molar-refractivity contribution is 14.1. The maximum absolute atomic E-state index is 10.8. The van der Waals surface area contributed by atoms with Crippen molar-refractivity contribution in [2.45, 2.75) is 17.3 Å². The summed E-state index contributed by atoms with van der Waals surface area (Å²) in [7, 11) is 0. The van der Waals surface area contributed by atoms with Gasteiger partial charge < -0.3 is 5.32 Å². The molecular weight excluding hydrogens is 229 g/mol. The monoisotopic (exact) mass is 239 g/mol. The van der Waals surface area contributed by atoms with Crippen LogP contribution in [0.25, 0.3) is 0 Å². The summed E-state index contributed by atoms with van der Waals surface area (Å²) in [6, 6.07) is 0. The summed E-state index contributed by atoms with van der Waals surface area (Å²) in [5.41, 5.74) is 0. The molecule has 1 fully saturated rings. The Hall–Kier alpha value is 0.200. The van der Waals surface area contributed by atoms with E-state index < -0.39 is 0 Å². The molecule has 0 saturated carbocycles. The molecule has 2 nitrogen and oxygen atoms in total. The lowest BCUT2D eigenvalue weighted by atomic mass is 10.0. The van der Waals surface area contributed by atoms with Gasteiger partial charge in [-0.2, -0.15) is 0 Å². The van der Waals surface area contributed by atoms with Crippen molar-refractivity contribution in [1.29, 1.82) is 0 Å². The zero-order valence-corrected chi connectivity index (χ0v) is 7.51. The first-order valence-electron chi connectivity index (χ1n) is 3.12. The molecule has 0 aromatic rings. The van der Waals surface area contributed by atoms with Crippen LogP contribution in [0.1, 0.15) is 13.3 Å². The highest BCUT2D eigenvalue weighted by Crippen LogP contribution is 2.16. The van der Waals surface area contributed by atoms with Crippen LogP contribution < -0.4 is 5.32 Å². The van der Waals surface area contributed by atoms with Crippen LogP contribution in [0.3, 0.4) is 0 Å². The minimum atomic E-state index is 0.200. The lowest BCUT2D eigenvalue weighted by Crippen LogP contribution is -2.40. The molecule has 1 saturated heterocycles. The Balaban J connectivity index is 2.44. The third kappa shape index (κ3) is 1.81. The van der Waals surface area contributed by atoms with Crippen LogP contribution in [0.15, 0.2) is 0 Å². The van der Waals surface area contributed by atoms with Crippen LogP contribution in [-0.4, -0.2) is 16.4 Å². The molecule has 52 valence electrons. The second-order valence-electron chi connectivity index (χ2n) is 2.55. The van der Waals surface area contributed by atoms with Gasteiger partial charge in [-0.05, 0) is 12.3 Å². The molecule has 3 heteroatoms. The molecule has 0 spiro atoms. The molecule has 1 rings (SSSR count). The average molecular weight is 239 g/mol. The number of rotatable bonds is 0. The Morgan fingerprint density at radius 3 is 2.89 bits per heavy atom. The fraction of sp³-hybridized carbons (Fsp3) is 0.833. The van der Waals surface area contributed by atoms with Crippen molar-refractivity contribution in [2.24, 2.45) is 5.92 Å². The third-order valence-corrected chi connectivity index (χ3v) is 2.59. The minimum Gasteiger partial charge on any atom is -0.355 e. The van der Waals surface area contributed by atoms with Gasteiger partial charge in [0, 0.05) is 6.54 Å². The van der Waals surface area contributed by atoms with E-state index >= 15 is 0 Å². The fourth-order valence-electron chi connectivity index (χ4n) is 0.929. The van der Waals surface area contributed by atoms with Gasteiger partial charge in [-0.3, -0.25) is 4.79 Å². The lowest BCUT2D eigenvalue weighted by molar-refractivity contribution is -0.121. The Morgan fingerprint density at radius 2 is 2.44 bits per heavy atom. The normalized spacial score (nSPS) is 36.0. The fourth-order valence-corrected chi connectivity index (χ4v) is 2.02. The van der Waals surface area contributed by atoms with E-state index in [9.17, 15) is 4.79 Å². The van der Waals surface area contributed by atoms with Crippen LogP contribution in [0.4, 0.5) is 0 Å². The van der Waals surface area contributed by atoms with E-state index in [1.54, 1.807) is 0 Å². The number of hydrogen-bond acceptors (Lipinski definition) is 1. The van der Waals surface area contributed by atoms with Gasteiger partial charge in [0.15, 0.2) is 0 Å². The average Bonchev–Trinajstić information content (AvgIpc) is 1.80. The van der Waals surface area contributed by atoms with Crippen molar-refractivity contribution in [2.75, 3.05) is 6.54 Å². The molecule has 1 amide bonds. The van der Waals surface area contributed by atoms with E-state index in [0.29, 0.717) is 5.92 Å². The maximum Gasteiger partial charge on any atom is 0.232 e. The number of hydrogen-bond donors (Lipinski definition) is 1. The Kier molecular flexibility index (Phi) is 2.32. The topological polar surface area (TPSA) is 29.1 Å². The summed E-state index contributed by atoms with van der Waals surface area (Å²) in [4.78, 5) is 10.8. The summed E-state index contributed by atoms with van der Waals surface area (Å²) >= 11 is 2.19. The highest BCUT2D eigenvalue weighted by atomic mass is 127. The zero-order chi connectivity index (χ0) is 6.85. The quantitative estimate of drug-likeness (QED) is 0.494. The van der Waals surface area contributed by atoms with Crippen LogP contribution in [-0.2, 0) is 4.79 Å². The van der Waals surface area contributed by atoms with E-state index in [2.05, 4.69) is 34.8 Å². The first-order valence-corrected chi connectivity index (χ1v) is 4.36. The molecule has 1 heterocycles. The van der Waals surface area contributed by atoms with Gasteiger partial charge in [-0.25, -0.2) is 0 Å². The summed E-state index contributed by atoms with van der Waals surface area (Å²) in [5.74, 6) is 0.860. The van der Waals surface area contributed by atoms with Gasteiger partial charge in [0.05, 0.1) is 3.92 Å². The molecule has 0 aromatic heterocycles. The number of carbonyl (C=O) groups is 1. The van der Waals surface area contributed by atoms with Gasteiger partial charge in [0.2, 0.25) is 5.91 Å². The molecule has 1 aliphatic rings. The van der Waals surface area contributed by atoms with Gasteiger partial charge in [0.25, 0.3) is 0 Å². The van der Waals surface area contributed by atoms with E-state index in [-0.39, 0.29) is 9.83 Å². The molecular formula is C6H10INO. The molecule has 1 N–H and O–H groups in total. The van der Waals surface area contributed by atoms with Crippen molar-refractivity contribution >= 4 is 28.5 Å². The Bertz CT molecular complexity index is 126. The summed E-state index contributed by atoms with van der Waals surface area (Å²) in [5, 5.41) is 2.84. The molecule has 0 bridgehead atoms. The Morgan fingerprint density at radius 1 is 1.78 bits per heavy atom. The standard InChI is InChI=1S/C6H10INO/c1-4-2-5(7)6(9)8-3-4/h4-5H,2-3H2,1H3,(H,8,9)/t4-,5?/m0/s1. The molecule has 1 aliphatic heterocycles. The molecule has 9 heavy (non-hydrogen) atoms. The lowest BCUT2D eigenvalue weighted by Gasteiger charge is -2.22. The highest BCUT2D eigenvalue weighted by Gasteiger charge is 2.22. The summed E-state index contributed by atoms with van der Waals surface area (Å²) in [6.07, 6.45) is 1.03. The Labute approximate surface area is 68.5 Å². The zero-order valence-electron chi connectivity index (χ0n) is 5.36. The second kappa shape index (κ2) is 2.86. The van der Waals surface area contributed by atoms with Crippen LogP contribution in [0.5, 0.6) is 0 Å². The van der Waals surface area contributed by atoms with Crippen molar-refractivity contribution in [3.8, 4) is 0 Å². The molecule has 1 unspecified atom stereocenters. The second-order valence-corrected chi connectivity index (χ2v) is 4.06. The number of carbonyl (C=O) groups excluding carboxylic acids is 1. The smallest absolute Gasteiger partial charge is 0.232 e. The van der Waals surface area contributed by atoms with Gasteiger partial charge in [-0.1, -0.05) is 29.5 Å². The number of amides is 1. The third-order valence-electron chi connectivity index (χ3n) is 1.52. The molecule has 2 atom stereocenters. The minimum absolute atomic E-state index is 0.200. The van der Waals surface area contributed by atoms with Crippen molar-refractivity contribution in [3.63, 3.8) is 0 Å². The van der Waals surface area contributed by atoms with Gasteiger partial charge in [-0.15, -0.1) is 0 Å². The SMILES string of the molecule is C[C@@H]1CNC(=O)C(I)C1. The van der Waals surface area contributed by atoms with Crippen molar-refractivity contribution < 1.29 is 4.79 Å². The number of nitrogens with one attached hydrogen (secondary N) is 1. The summed E-state index contributed by atoms with van der Waals surface area (Å²) < 4.78 is 0.200. The molecule has 0 radical (unpaired) electrons. The van der Waals surface area contributed by atoms with Crippen molar-refractivity contribution in [3.05, 3.63) is 0 Å². The van der Waals surface area contributed by atoms with Crippen LogP contribution >= 0.6 is 22.6 Å². The largest absolute Gasteiger partial charge is 0.355 e. The summed E-state index contributed by atoms with van der Waals surface area (Å²) in [6.45, 7) is 3.02. The van der Waals surface area contributed by atoms with E-state index in [0.717, 1.165) is 13.0 Å². The number of halogens is 1. The van der Waals surface area contributed by atoms with Gasteiger partial charge in [0.1, 0.15) is 0 Å². The van der Waals surface area contributed by atoms with Crippen LogP contribution in [0.2, 0.25) is 0 Å². The van der Waals surface area contributed by atoms with E-state index in [4.69, 9.17) is 0 Å². The number of alkyl halides is 1. The van der Waals surface area contributed by atoms with Crippen LogP contribution in [0, 0.1) is 5.92 Å².